The monoisotopic (exact) mass is 473 g/mol. The van der Waals surface area contributed by atoms with E-state index in [4.69, 9.17) is 9.47 Å². The molecule has 1 N–H and O–H groups in total. The van der Waals surface area contributed by atoms with Crippen molar-refractivity contribution in [3.05, 3.63) is 48.0 Å². The summed E-state index contributed by atoms with van der Waals surface area (Å²) in [6.07, 6.45) is 1.88. The molecule has 2 saturated heterocycles. The zero-order valence-electron chi connectivity index (χ0n) is 19.1. The topological polar surface area (TPSA) is 88.2 Å². The van der Waals surface area contributed by atoms with Crippen LogP contribution in [-0.2, 0) is 14.8 Å². The normalized spacial score (nSPS) is 17.6. The van der Waals surface area contributed by atoms with Gasteiger partial charge in [0, 0.05) is 37.6 Å². The van der Waals surface area contributed by atoms with Crippen molar-refractivity contribution in [1.29, 1.82) is 0 Å². The van der Waals surface area contributed by atoms with E-state index in [-0.39, 0.29) is 16.4 Å². The van der Waals surface area contributed by atoms with Gasteiger partial charge in [-0.05, 0) is 61.2 Å². The third-order valence-electron chi connectivity index (χ3n) is 6.28. The lowest BCUT2D eigenvalue weighted by atomic mass is 9.98. The van der Waals surface area contributed by atoms with Gasteiger partial charge in [0.15, 0.2) is 0 Å². The summed E-state index contributed by atoms with van der Waals surface area (Å²) in [6, 6.07) is 11.7. The molecule has 0 bridgehead atoms. The second-order valence-corrected chi connectivity index (χ2v) is 10.3. The Morgan fingerprint density at radius 3 is 2.33 bits per heavy atom. The van der Waals surface area contributed by atoms with Gasteiger partial charge in [-0.3, -0.25) is 9.52 Å². The standard InChI is InChI=1S/C24H31N3O5S/c1-18-9-11-27(12-10-18)24(28)22-17-21(7-8-23(22)31-2)33(29,30)25-19-3-5-20(6-4-19)26-13-15-32-16-14-26/h3-8,17-18,25H,9-16H2,1-2H3. The van der Waals surface area contributed by atoms with Crippen LogP contribution < -0.4 is 14.4 Å². The first kappa shape index (κ1) is 23.4. The van der Waals surface area contributed by atoms with Crippen LogP contribution >= 0.6 is 0 Å². The van der Waals surface area contributed by atoms with Crippen molar-refractivity contribution < 1.29 is 22.7 Å². The molecule has 33 heavy (non-hydrogen) atoms. The van der Waals surface area contributed by atoms with E-state index in [1.807, 2.05) is 12.1 Å². The van der Waals surface area contributed by atoms with Crippen molar-refractivity contribution in [3.8, 4) is 5.75 Å². The highest BCUT2D eigenvalue weighted by molar-refractivity contribution is 7.92. The molecule has 0 aliphatic carbocycles. The van der Waals surface area contributed by atoms with Crippen LogP contribution in [0.5, 0.6) is 5.75 Å². The molecule has 2 heterocycles. The minimum Gasteiger partial charge on any atom is -0.496 e. The summed E-state index contributed by atoms with van der Waals surface area (Å²) < 4.78 is 39.5. The predicted molar refractivity (Wildman–Crippen MR) is 128 cm³/mol. The van der Waals surface area contributed by atoms with Gasteiger partial charge in [-0.1, -0.05) is 6.92 Å². The van der Waals surface area contributed by atoms with E-state index >= 15 is 0 Å². The molecule has 4 rings (SSSR count). The third kappa shape index (κ3) is 5.42. The number of amides is 1. The molecule has 9 heteroatoms. The van der Waals surface area contributed by atoms with Gasteiger partial charge in [0.25, 0.3) is 15.9 Å². The largest absolute Gasteiger partial charge is 0.496 e. The Labute approximate surface area is 195 Å². The number of hydrogen-bond acceptors (Lipinski definition) is 6. The molecule has 1 amide bonds. The van der Waals surface area contributed by atoms with Crippen molar-refractivity contribution in [2.45, 2.75) is 24.7 Å². The van der Waals surface area contributed by atoms with Crippen molar-refractivity contribution >= 4 is 27.3 Å². The van der Waals surface area contributed by atoms with E-state index in [1.165, 1.54) is 25.3 Å². The van der Waals surface area contributed by atoms with Crippen LogP contribution in [0.4, 0.5) is 11.4 Å². The van der Waals surface area contributed by atoms with E-state index in [9.17, 15) is 13.2 Å². The lowest BCUT2D eigenvalue weighted by Crippen LogP contribution is -2.38. The number of sulfonamides is 1. The Morgan fingerprint density at radius 1 is 1.03 bits per heavy atom. The number of anilines is 2. The maximum absolute atomic E-state index is 13.1. The van der Waals surface area contributed by atoms with Crippen LogP contribution in [0.15, 0.2) is 47.4 Å². The number of ether oxygens (including phenoxy) is 2. The van der Waals surface area contributed by atoms with E-state index in [1.54, 1.807) is 17.0 Å². The molecule has 0 atom stereocenters. The zero-order chi connectivity index (χ0) is 23.4. The highest BCUT2D eigenvalue weighted by Gasteiger charge is 2.26. The lowest BCUT2D eigenvalue weighted by molar-refractivity contribution is 0.0693. The van der Waals surface area contributed by atoms with Crippen molar-refractivity contribution in [3.63, 3.8) is 0 Å². The number of carbonyl (C=O) groups is 1. The minimum atomic E-state index is -3.88. The summed E-state index contributed by atoms with van der Waals surface area (Å²) in [5, 5.41) is 0. The zero-order valence-corrected chi connectivity index (χ0v) is 19.9. The van der Waals surface area contributed by atoms with E-state index in [0.29, 0.717) is 43.7 Å². The van der Waals surface area contributed by atoms with Gasteiger partial charge < -0.3 is 19.3 Å². The Balaban J connectivity index is 1.52. The molecule has 2 aromatic rings. The summed E-state index contributed by atoms with van der Waals surface area (Å²) in [5.74, 6) is 0.750. The van der Waals surface area contributed by atoms with Crippen LogP contribution in [0.3, 0.4) is 0 Å². The number of rotatable bonds is 6. The van der Waals surface area contributed by atoms with E-state index < -0.39 is 10.0 Å². The number of nitrogens with one attached hydrogen (secondary N) is 1. The molecule has 178 valence electrons. The van der Waals surface area contributed by atoms with Crippen LogP contribution in [0, 0.1) is 5.92 Å². The minimum absolute atomic E-state index is 0.0225. The van der Waals surface area contributed by atoms with Crippen LogP contribution in [0.25, 0.3) is 0 Å². The molecule has 0 aromatic heterocycles. The lowest BCUT2D eigenvalue weighted by Gasteiger charge is -2.30. The average Bonchev–Trinajstić information content (AvgIpc) is 2.84. The highest BCUT2D eigenvalue weighted by atomic mass is 32.2. The number of benzene rings is 2. The van der Waals surface area contributed by atoms with E-state index in [2.05, 4.69) is 16.5 Å². The van der Waals surface area contributed by atoms with Crippen molar-refractivity contribution in [2.75, 3.05) is 56.1 Å². The fourth-order valence-corrected chi connectivity index (χ4v) is 5.26. The summed E-state index contributed by atoms with van der Waals surface area (Å²) in [7, 11) is -2.40. The molecule has 0 saturated carbocycles. The predicted octanol–water partition coefficient (Wildman–Crippen LogP) is 3.20. The molecule has 2 aliphatic rings. The van der Waals surface area contributed by atoms with Gasteiger partial charge in [-0.15, -0.1) is 0 Å². The number of nitrogens with zero attached hydrogens (tertiary/aromatic N) is 2. The molecule has 0 spiro atoms. The number of hydrogen-bond donors (Lipinski definition) is 1. The summed E-state index contributed by atoms with van der Waals surface area (Å²) in [6.45, 7) is 6.48. The van der Waals surface area contributed by atoms with Crippen LogP contribution in [0.1, 0.15) is 30.1 Å². The highest BCUT2D eigenvalue weighted by Crippen LogP contribution is 2.28. The van der Waals surface area contributed by atoms with Crippen LogP contribution in [-0.4, -0.2) is 65.7 Å². The molecule has 8 nitrogen and oxygen atoms in total. The Morgan fingerprint density at radius 2 is 1.70 bits per heavy atom. The first-order valence-corrected chi connectivity index (χ1v) is 12.8. The van der Waals surface area contributed by atoms with Gasteiger partial charge in [-0.25, -0.2) is 8.42 Å². The Hall–Kier alpha value is -2.78. The Bertz CT molecular complexity index is 1070. The Kier molecular flexibility index (Phi) is 7.09. The molecule has 2 aromatic carbocycles. The smallest absolute Gasteiger partial charge is 0.261 e. The number of carbonyl (C=O) groups excluding carboxylic acids is 1. The molecule has 0 unspecified atom stereocenters. The van der Waals surface area contributed by atoms with Gasteiger partial charge >= 0.3 is 0 Å². The molecular weight excluding hydrogens is 442 g/mol. The first-order chi connectivity index (χ1) is 15.9. The molecule has 2 aliphatic heterocycles. The summed E-state index contributed by atoms with van der Waals surface area (Å²) in [5.41, 5.74) is 1.74. The first-order valence-electron chi connectivity index (χ1n) is 11.3. The SMILES string of the molecule is COc1ccc(S(=O)(=O)Nc2ccc(N3CCOCC3)cc2)cc1C(=O)N1CCC(C)CC1. The van der Waals surface area contributed by atoms with E-state index in [0.717, 1.165) is 31.6 Å². The van der Waals surface area contributed by atoms with Crippen molar-refractivity contribution in [1.82, 2.24) is 4.90 Å². The van der Waals surface area contributed by atoms with Gasteiger partial charge in [-0.2, -0.15) is 0 Å². The quantitative estimate of drug-likeness (QED) is 0.693. The fraction of sp³-hybridized carbons (Fsp3) is 0.458. The second-order valence-electron chi connectivity index (χ2n) is 8.59. The maximum atomic E-state index is 13.1. The summed E-state index contributed by atoms with van der Waals surface area (Å²) in [4.78, 5) is 17.1. The van der Waals surface area contributed by atoms with Crippen molar-refractivity contribution in [2.24, 2.45) is 5.92 Å². The van der Waals surface area contributed by atoms with Gasteiger partial charge in [0.1, 0.15) is 5.75 Å². The fourth-order valence-electron chi connectivity index (χ4n) is 4.18. The number of piperidine rings is 1. The molecular formula is C24H31N3O5S. The number of likely N-dealkylation sites (tertiary alicyclic amines) is 1. The molecule has 0 radical (unpaired) electrons. The second kappa shape index (κ2) is 10.0. The summed E-state index contributed by atoms with van der Waals surface area (Å²) >= 11 is 0. The number of methoxy groups -OCH3 is 1. The maximum Gasteiger partial charge on any atom is 0.261 e. The van der Waals surface area contributed by atoms with Gasteiger partial charge in [0.05, 0.1) is 30.8 Å². The van der Waals surface area contributed by atoms with Crippen LogP contribution in [0.2, 0.25) is 0 Å². The number of morpholine rings is 1. The molecule has 2 fully saturated rings. The van der Waals surface area contributed by atoms with Gasteiger partial charge in [0.2, 0.25) is 0 Å². The third-order valence-corrected chi connectivity index (χ3v) is 7.66. The average molecular weight is 474 g/mol.